The van der Waals surface area contributed by atoms with Crippen LogP contribution in [0.15, 0.2) is 48.5 Å². The molecule has 2 unspecified atom stereocenters. The van der Waals surface area contributed by atoms with E-state index in [1.54, 1.807) is 24.3 Å². The molecule has 0 aliphatic carbocycles. The molecule has 0 amide bonds. The number of carboxylic acid groups (broad SMARTS) is 1. The minimum atomic E-state index is -1.15. The van der Waals surface area contributed by atoms with E-state index in [0.717, 1.165) is 5.82 Å². The summed E-state index contributed by atoms with van der Waals surface area (Å²) in [6.07, 6.45) is -2.34. The molecule has 34 heavy (non-hydrogen) atoms. The van der Waals surface area contributed by atoms with Gasteiger partial charge in [-0.15, -0.1) is 0 Å². The zero-order valence-corrected chi connectivity index (χ0v) is 19.5. The first kappa shape index (κ1) is 25.5. The summed E-state index contributed by atoms with van der Waals surface area (Å²) in [4.78, 5) is 15.7. The summed E-state index contributed by atoms with van der Waals surface area (Å²) in [5.74, 6) is -1.15. The number of aliphatic carboxylic acids is 1. The maximum Gasteiger partial charge on any atom is 0.305 e. The van der Waals surface area contributed by atoms with Crippen molar-refractivity contribution in [3.05, 3.63) is 66.0 Å². The number of carboxylic acids is 1. The van der Waals surface area contributed by atoms with Crippen LogP contribution in [-0.4, -0.2) is 43.0 Å². The molecule has 2 atom stereocenters. The van der Waals surface area contributed by atoms with Crippen molar-refractivity contribution in [3.8, 4) is 22.5 Å². The van der Waals surface area contributed by atoms with Crippen LogP contribution in [0.25, 0.3) is 22.5 Å². The SMILES string of the molecule is CC(C)(C)c1nc(-c2ccc(F)cc2)c(-c2ccc(F)cc2)n1CCC(O)CC(O)CC(=O)O. The molecule has 1 heterocycles. The van der Waals surface area contributed by atoms with Gasteiger partial charge in [0.15, 0.2) is 0 Å². The van der Waals surface area contributed by atoms with Crippen molar-refractivity contribution in [2.45, 2.75) is 64.2 Å². The fourth-order valence-electron chi connectivity index (χ4n) is 3.95. The monoisotopic (exact) mass is 472 g/mol. The number of halogens is 2. The molecule has 6 nitrogen and oxygen atoms in total. The lowest BCUT2D eigenvalue weighted by Gasteiger charge is -2.23. The summed E-state index contributed by atoms with van der Waals surface area (Å²) in [5, 5.41) is 29.2. The van der Waals surface area contributed by atoms with E-state index in [2.05, 4.69) is 0 Å². The summed E-state index contributed by atoms with van der Waals surface area (Å²) in [6, 6.07) is 12.0. The van der Waals surface area contributed by atoms with E-state index in [1.165, 1.54) is 24.3 Å². The lowest BCUT2D eigenvalue weighted by Crippen LogP contribution is -2.24. The van der Waals surface area contributed by atoms with Crippen LogP contribution in [0.5, 0.6) is 0 Å². The van der Waals surface area contributed by atoms with Crippen LogP contribution in [0.2, 0.25) is 0 Å². The van der Waals surface area contributed by atoms with E-state index in [1.807, 2.05) is 25.3 Å². The second-order valence-corrected chi connectivity index (χ2v) is 9.48. The Kier molecular flexibility index (Phi) is 7.84. The van der Waals surface area contributed by atoms with Gasteiger partial charge in [0.1, 0.15) is 17.5 Å². The molecule has 8 heteroatoms. The fourth-order valence-corrected chi connectivity index (χ4v) is 3.95. The van der Waals surface area contributed by atoms with Gasteiger partial charge in [-0.3, -0.25) is 4.79 Å². The Balaban J connectivity index is 2.06. The van der Waals surface area contributed by atoms with E-state index < -0.39 is 24.6 Å². The Morgan fingerprint density at radius 3 is 1.97 bits per heavy atom. The van der Waals surface area contributed by atoms with Gasteiger partial charge in [-0.05, 0) is 61.4 Å². The first-order chi connectivity index (χ1) is 16.0. The van der Waals surface area contributed by atoms with Crippen LogP contribution >= 0.6 is 0 Å². The van der Waals surface area contributed by atoms with Gasteiger partial charge in [-0.25, -0.2) is 13.8 Å². The number of carbonyl (C=O) groups is 1. The van der Waals surface area contributed by atoms with Gasteiger partial charge < -0.3 is 19.9 Å². The largest absolute Gasteiger partial charge is 0.481 e. The molecule has 0 aliphatic rings. The van der Waals surface area contributed by atoms with E-state index in [9.17, 15) is 23.8 Å². The average Bonchev–Trinajstić information content (AvgIpc) is 3.12. The van der Waals surface area contributed by atoms with Crippen LogP contribution < -0.4 is 0 Å². The Hall–Kier alpha value is -3.10. The smallest absolute Gasteiger partial charge is 0.305 e. The minimum absolute atomic E-state index is 0.0669. The maximum atomic E-state index is 13.7. The summed E-state index contributed by atoms with van der Waals surface area (Å²) in [7, 11) is 0. The topological polar surface area (TPSA) is 95.6 Å². The molecule has 0 saturated carbocycles. The van der Waals surface area contributed by atoms with Crippen LogP contribution in [0, 0.1) is 11.6 Å². The second kappa shape index (κ2) is 10.4. The number of benzene rings is 2. The molecule has 0 bridgehead atoms. The van der Waals surface area contributed by atoms with Crippen LogP contribution in [-0.2, 0) is 16.8 Å². The molecule has 2 aromatic carbocycles. The highest BCUT2D eigenvalue weighted by atomic mass is 19.1. The van der Waals surface area contributed by atoms with E-state index in [0.29, 0.717) is 29.1 Å². The van der Waals surface area contributed by atoms with Crippen LogP contribution in [0.1, 0.15) is 45.9 Å². The predicted molar refractivity (Wildman–Crippen MR) is 125 cm³/mol. The first-order valence-corrected chi connectivity index (χ1v) is 11.2. The van der Waals surface area contributed by atoms with E-state index in [4.69, 9.17) is 10.1 Å². The highest BCUT2D eigenvalue weighted by Gasteiger charge is 2.28. The molecule has 3 N–H and O–H groups in total. The third-order valence-electron chi connectivity index (χ3n) is 5.51. The molecular weight excluding hydrogens is 442 g/mol. The number of aromatic nitrogens is 2. The van der Waals surface area contributed by atoms with Crippen molar-refractivity contribution in [1.29, 1.82) is 0 Å². The molecule has 0 aliphatic heterocycles. The highest BCUT2D eigenvalue weighted by Crippen LogP contribution is 2.37. The first-order valence-electron chi connectivity index (χ1n) is 11.2. The molecule has 0 spiro atoms. The van der Waals surface area contributed by atoms with E-state index in [-0.39, 0.29) is 29.9 Å². The van der Waals surface area contributed by atoms with Gasteiger partial charge in [-0.1, -0.05) is 20.8 Å². The molecule has 1 aromatic heterocycles. The third-order valence-corrected chi connectivity index (χ3v) is 5.51. The summed E-state index contributed by atoms with van der Waals surface area (Å²) in [5.41, 5.74) is 2.33. The van der Waals surface area contributed by atoms with Crippen molar-refractivity contribution in [3.63, 3.8) is 0 Å². The zero-order valence-electron chi connectivity index (χ0n) is 19.5. The van der Waals surface area contributed by atoms with Crippen LogP contribution in [0.4, 0.5) is 8.78 Å². The molecule has 3 aromatic rings. The summed E-state index contributed by atoms with van der Waals surface area (Å²) in [6.45, 7) is 6.33. The fraction of sp³-hybridized carbons (Fsp3) is 0.385. The molecule has 0 saturated heterocycles. The number of imidazole rings is 1. The van der Waals surface area contributed by atoms with Gasteiger partial charge in [0, 0.05) is 23.1 Å². The van der Waals surface area contributed by atoms with Gasteiger partial charge in [0.2, 0.25) is 0 Å². The highest BCUT2D eigenvalue weighted by molar-refractivity contribution is 5.79. The standard InChI is InChI=1S/C26H30F2N2O4/c1-26(2,3)25-29-23(16-4-8-18(27)9-5-16)24(17-6-10-19(28)11-7-17)30(25)13-12-20(31)14-21(32)15-22(33)34/h4-11,20-21,31-32H,12-15H2,1-3H3,(H,33,34). The zero-order chi connectivity index (χ0) is 25.0. The molecule has 0 fully saturated rings. The lowest BCUT2D eigenvalue weighted by molar-refractivity contribution is -0.139. The number of hydrogen-bond donors (Lipinski definition) is 3. The van der Waals surface area contributed by atoms with Gasteiger partial charge in [0.05, 0.1) is 30.0 Å². The van der Waals surface area contributed by atoms with Crippen molar-refractivity contribution >= 4 is 5.97 Å². The summed E-state index contributed by atoms with van der Waals surface area (Å²) >= 11 is 0. The van der Waals surface area contributed by atoms with Crippen molar-refractivity contribution in [2.75, 3.05) is 0 Å². The van der Waals surface area contributed by atoms with Gasteiger partial charge in [0.25, 0.3) is 0 Å². The molecule has 182 valence electrons. The number of rotatable bonds is 9. The number of aliphatic hydroxyl groups is 2. The van der Waals surface area contributed by atoms with Crippen molar-refractivity contribution < 1.29 is 28.9 Å². The molecular formula is C26H30F2N2O4. The average molecular weight is 473 g/mol. The summed E-state index contributed by atoms with van der Waals surface area (Å²) < 4.78 is 29.2. The normalized spacial score (nSPS) is 13.6. The maximum absolute atomic E-state index is 13.7. The van der Waals surface area contributed by atoms with Gasteiger partial charge >= 0.3 is 5.97 Å². The predicted octanol–water partition coefficient (Wildman–Crippen LogP) is 4.77. The van der Waals surface area contributed by atoms with Gasteiger partial charge in [-0.2, -0.15) is 0 Å². The Labute approximate surface area is 197 Å². The Bertz CT molecular complexity index is 1120. The van der Waals surface area contributed by atoms with Crippen molar-refractivity contribution in [2.24, 2.45) is 0 Å². The second-order valence-electron chi connectivity index (χ2n) is 9.48. The molecule has 0 radical (unpaired) electrons. The third kappa shape index (κ3) is 6.27. The molecule has 3 rings (SSSR count). The Morgan fingerprint density at radius 2 is 1.47 bits per heavy atom. The number of nitrogens with zero attached hydrogens (tertiary/aromatic N) is 2. The Morgan fingerprint density at radius 1 is 0.941 bits per heavy atom. The van der Waals surface area contributed by atoms with Crippen LogP contribution in [0.3, 0.4) is 0 Å². The number of aliphatic hydroxyl groups excluding tert-OH is 2. The minimum Gasteiger partial charge on any atom is -0.481 e. The number of hydrogen-bond acceptors (Lipinski definition) is 4. The quantitative estimate of drug-likeness (QED) is 0.417. The lowest BCUT2D eigenvalue weighted by atomic mass is 9.95. The van der Waals surface area contributed by atoms with E-state index >= 15 is 0 Å². The van der Waals surface area contributed by atoms with Crippen molar-refractivity contribution in [1.82, 2.24) is 9.55 Å².